The first-order valence-electron chi connectivity index (χ1n) is 7.38. The number of amides is 1. The van der Waals surface area contributed by atoms with Gasteiger partial charge in [-0.25, -0.2) is 5.10 Å². The van der Waals surface area contributed by atoms with Gasteiger partial charge in [-0.15, -0.1) is 10.2 Å². The molecule has 0 atom stereocenters. The van der Waals surface area contributed by atoms with Gasteiger partial charge in [0.1, 0.15) is 0 Å². The minimum Gasteiger partial charge on any atom is -0.493 e. The Balaban J connectivity index is 1.78. The van der Waals surface area contributed by atoms with E-state index in [1.165, 1.54) is 0 Å². The Morgan fingerprint density at radius 3 is 2.48 bits per heavy atom. The Bertz CT molecular complexity index is 1210. The first-order valence-corrected chi connectivity index (χ1v) is 7.38. The minimum atomic E-state index is -0.725. The van der Waals surface area contributed by atoms with Gasteiger partial charge in [0.2, 0.25) is 5.88 Å². The summed E-state index contributed by atoms with van der Waals surface area (Å²) in [7, 11) is 0. The summed E-state index contributed by atoms with van der Waals surface area (Å²) in [5.74, 6) is -0.908. The summed E-state index contributed by atoms with van der Waals surface area (Å²) < 4.78 is 0. The highest BCUT2D eigenvalue weighted by molar-refractivity contribution is 6.05. The topological polar surface area (TPSA) is 124 Å². The van der Waals surface area contributed by atoms with Gasteiger partial charge in [-0.3, -0.25) is 9.59 Å². The first-order chi connectivity index (χ1) is 12.1. The van der Waals surface area contributed by atoms with E-state index >= 15 is 0 Å². The molecule has 0 aliphatic heterocycles. The predicted octanol–water partition coefficient (Wildman–Crippen LogP) is 3.03. The summed E-state index contributed by atoms with van der Waals surface area (Å²) in [5.41, 5.74) is 0.434. The maximum absolute atomic E-state index is 12.4. The smallest absolute Gasteiger partial charge is 0.316 e. The van der Waals surface area contributed by atoms with Crippen LogP contribution in [0.4, 0.5) is 5.69 Å². The van der Waals surface area contributed by atoms with Crippen molar-refractivity contribution in [2.75, 3.05) is 0 Å². The van der Waals surface area contributed by atoms with E-state index in [9.17, 15) is 14.7 Å². The fraction of sp³-hybridized carbons (Fsp3) is 0. The molecule has 122 valence electrons. The number of benzene rings is 2. The highest BCUT2D eigenvalue weighted by Gasteiger charge is 2.15. The number of nitrogens with zero attached hydrogens (tertiary/aromatic N) is 3. The number of rotatable bonds is 2. The van der Waals surface area contributed by atoms with Crippen LogP contribution < -0.4 is 5.56 Å². The monoisotopic (exact) mass is 333 g/mol. The highest BCUT2D eigenvalue weighted by atomic mass is 16.3. The molecule has 8 nitrogen and oxygen atoms in total. The Morgan fingerprint density at radius 2 is 1.68 bits per heavy atom. The van der Waals surface area contributed by atoms with E-state index in [-0.39, 0.29) is 17.3 Å². The van der Waals surface area contributed by atoms with Crippen LogP contribution in [0.15, 0.2) is 63.6 Å². The average molecular weight is 333 g/mol. The number of nitrogens with one attached hydrogen (secondary N) is 2. The molecular formula is C17H11N5O3. The molecule has 0 bridgehead atoms. The lowest BCUT2D eigenvalue weighted by Gasteiger charge is -2.00. The van der Waals surface area contributed by atoms with Gasteiger partial charge in [0.15, 0.2) is 11.4 Å². The van der Waals surface area contributed by atoms with Crippen molar-refractivity contribution in [3.63, 3.8) is 0 Å². The summed E-state index contributed by atoms with van der Waals surface area (Å²) in [5, 5.41) is 24.9. The predicted molar refractivity (Wildman–Crippen MR) is 91.2 cm³/mol. The zero-order valence-electron chi connectivity index (χ0n) is 12.7. The normalized spacial score (nSPS) is 11.5. The molecule has 2 aromatic carbocycles. The second-order valence-electron chi connectivity index (χ2n) is 5.32. The number of carbonyl (C=O) groups is 1. The molecule has 0 aliphatic carbocycles. The number of azo groups is 1. The molecule has 2 heterocycles. The third-order valence-electron chi connectivity index (χ3n) is 3.80. The van der Waals surface area contributed by atoms with E-state index in [1.807, 2.05) is 0 Å². The standard InChI is InChI=1S/C17H11N5O3/c23-15-10-6-2-1-5-9(10)13(19-21-15)17(25)22-20-14-11-7-3-4-8-12(11)18-16(14)24/h1-8,18,24H,(H,21,23). The van der Waals surface area contributed by atoms with E-state index < -0.39 is 11.5 Å². The molecule has 0 aliphatic rings. The second-order valence-corrected chi connectivity index (χ2v) is 5.32. The van der Waals surface area contributed by atoms with E-state index in [1.54, 1.807) is 48.5 Å². The van der Waals surface area contributed by atoms with Gasteiger partial charge >= 0.3 is 5.91 Å². The van der Waals surface area contributed by atoms with Crippen molar-refractivity contribution in [2.45, 2.75) is 0 Å². The lowest BCUT2D eigenvalue weighted by molar-refractivity contribution is 0.0991. The molecule has 0 radical (unpaired) electrons. The fourth-order valence-electron chi connectivity index (χ4n) is 2.63. The number of aromatic hydroxyl groups is 1. The lowest BCUT2D eigenvalue weighted by Crippen LogP contribution is -2.13. The molecule has 0 unspecified atom stereocenters. The van der Waals surface area contributed by atoms with Gasteiger partial charge in [0.05, 0.1) is 10.9 Å². The van der Waals surface area contributed by atoms with Crippen LogP contribution in [0.3, 0.4) is 0 Å². The fourth-order valence-corrected chi connectivity index (χ4v) is 2.63. The second kappa shape index (κ2) is 5.68. The minimum absolute atomic E-state index is 0.0155. The van der Waals surface area contributed by atoms with E-state index in [2.05, 4.69) is 25.4 Å². The molecule has 0 spiro atoms. The van der Waals surface area contributed by atoms with Crippen LogP contribution in [-0.4, -0.2) is 26.2 Å². The van der Waals surface area contributed by atoms with Crippen LogP contribution >= 0.6 is 0 Å². The average Bonchev–Trinajstić information content (AvgIpc) is 2.95. The zero-order chi connectivity index (χ0) is 17.4. The summed E-state index contributed by atoms with van der Waals surface area (Å²) in [6, 6.07) is 13.7. The van der Waals surface area contributed by atoms with Gasteiger partial charge in [-0.1, -0.05) is 36.4 Å². The maximum atomic E-state index is 12.4. The van der Waals surface area contributed by atoms with Crippen molar-refractivity contribution in [3.05, 3.63) is 64.6 Å². The molecular weight excluding hydrogens is 322 g/mol. The third-order valence-corrected chi connectivity index (χ3v) is 3.80. The molecule has 0 fully saturated rings. The van der Waals surface area contributed by atoms with E-state index in [4.69, 9.17) is 0 Å². The molecule has 4 aromatic rings. The van der Waals surface area contributed by atoms with Crippen LogP contribution in [0.5, 0.6) is 5.88 Å². The van der Waals surface area contributed by atoms with Gasteiger partial charge in [-0.05, 0) is 12.1 Å². The summed E-state index contributed by atoms with van der Waals surface area (Å²) in [6.07, 6.45) is 0. The number of aromatic amines is 2. The first kappa shape index (κ1) is 14.8. The molecule has 0 saturated heterocycles. The number of hydrogen-bond donors (Lipinski definition) is 3. The zero-order valence-corrected chi connectivity index (χ0v) is 12.7. The van der Waals surface area contributed by atoms with Crippen molar-refractivity contribution in [1.29, 1.82) is 0 Å². The molecule has 25 heavy (non-hydrogen) atoms. The van der Waals surface area contributed by atoms with Crippen molar-refractivity contribution < 1.29 is 9.90 Å². The van der Waals surface area contributed by atoms with Crippen LogP contribution in [0, 0.1) is 0 Å². The maximum Gasteiger partial charge on any atom is 0.316 e. The van der Waals surface area contributed by atoms with Gasteiger partial charge in [0.25, 0.3) is 5.56 Å². The number of carbonyl (C=O) groups excluding carboxylic acids is 1. The van der Waals surface area contributed by atoms with E-state index in [0.29, 0.717) is 21.7 Å². The highest BCUT2D eigenvalue weighted by Crippen LogP contribution is 2.35. The molecule has 3 N–H and O–H groups in total. The lowest BCUT2D eigenvalue weighted by atomic mass is 10.1. The summed E-state index contributed by atoms with van der Waals surface area (Å²) in [6.45, 7) is 0. The Morgan fingerprint density at radius 1 is 1.00 bits per heavy atom. The number of para-hydroxylation sites is 1. The number of fused-ring (bicyclic) bond motifs is 2. The van der Waals surface area contributed by atoms with Gasteiger partial charge < -0.3 is 10.1 Å². The van der Waals surface area contributed by atoms with E-state index in [0.717, 1.165) is 0 Å². The number of aromatic nitrogens is 3. The van der Waals surface area contributed by atoms with Crippen molar-refractivity contribution in [1.82, 2.24) is 15.2 Å². The van der Waals surface area contributed by atoms with Gasteiger partial charge in [-0.2, -0.15) is 5.10 Å². The van der Waals surface area contributed by atoms with Crippen LogP contribution in [0.2, 0.25) is 0 Å². The van der Waals surface area contributed by atoms with Crippen LogP contribution in [-0.2, 0) is 0 Å². The summed E-state index contributed by atoms with van der Waals surface area (Å²) >= 11 is 0. The van der Waals surface area contributed by atoms with Crippen LogP contribution in [0.25, 0.3) is 21.7 Å². The van der Waals surface area contributed by atoms with Crippen molar-refractivity contribution in [3.8, 4) is 5.88 Å². The molecule has 0 saturated carbocycles. The molecule has 4 rings (SSSR count). The largest absolute Gasteiger partial charge is 0.493 e. The summed E-state index contributed by atoms with van der Waals surface area (Å²) in [4.78, 5) is 26.9. The Hall–Kier alpha value is -3.81. The third kappa shape index (κ3) is 2.45. The Labute approximate surface area is 139 Å². The van der Waals surface area contributed by atoms with Crippen LogP contribution in [0.1, 0.15) is 10.5 Å². The number of hydrogen-bond acceptors (Lipinski definition) is 5. The van der Waals surface area contributed by atoms with Crippen molar-refractivity contribution in [2.24, 2.45) is 10.2 Å². The molecule has 1 amide bonds. The number of H-pyrrole nitrogens is 2. The Kier molecular flexibility index (Phi) is 3.35. The quantitative estimate of drug-likeness (QED) is 0.488. The van der Waals surface area contributed by atoms with Gasteiger partial charge in [0, 0.05) is 10.8 Å². The molecule has 2 aromatic heterocycles. The molecule has 8 heteroatoms. The van der Waals surface area contributed by atoms with Crippen molar-refractivity contribution >= 4 is 33.3 Å². The SMILES string of the molecule is O=C(N=Nc1c(O)[nH]c2ccccc12)c1n[nH]c(=O)c2ccccc12.